The molecule has 0 fully saturated rings. The zero-order valence-corrected chi connectivity index (χ0v) is 22.7. The van der Waals surface area contributed by atoms with E-state index in [0.717, 1.165) is 25.3 Å². The number of hydrogen-bond acceptors (Lipinski definition) is 4. The van der Waals surface area contributed by atoms with Gasteiger partial charge in [-0.15, -0.1) is 0 Å². The van der Waals surface area contributed by atoms with E-state index in [9.17, 15) is 18.0 Å². The number of nitrogens with zero attached hydrogens (tertiary/aromatic N) is 2. The first-order valence-corrected chi connectivity index (χ1v) is 13.7. The highest BCUT2D eigenvalue weighted by Gasteiger charge is 2.31. The van der Waals surface area contributed by atoms with Gasteiger partial charge in [-0.25, -0.2) is 8.42 Å². The SMILES string of the molecule is CC[C@@H](C(=O)NC(C)C)N(Cc1ccc(C)cc1)C(=O)CN(c1ccc(I)cc1)S(C)(=O)=O. The van der Waals surface area contributed by atoms with Crippen molar-refractivity contribution in [3.8, 4) is 0 Å². The molecule has 0 saturated carbocycles. The van der Waals surface area contributed by atoms with E-state index in [1.807, 2.05) is 52.0 Å². The molecule has 0 aromatic heterocycles. The Hall–Kier alpha value is -2.14. The Bertz CT molecular complexity index is 1050. The Balaban J connectivity index is 2.42. The number of rotatable bonds is 10. The summed E-state index contributed by atoms with van der Waals surface area (Å²) in [6.07, 6.45) is 1.48. The van der Waals surface area contributed by atoms with Crippen molar-refractivity contribution >= 4 is 50.1 Å². The Morgan fingerprint density at radius 2 is 1.61 bits per heavy atom. The van der Waals surface area contributed by atoms with Crippen molar-refractivity contribution in [1.29, 1.82) is 0 Å². The largest absolute Gasteiger partial charge is 0.352 e. The summed E-state index contributed by atoms with van der Waals surface area (Å²) >= 11 is 2.13. The first-order valence-electron chi connectivity index (χ1n) is 10.8. The van der Waals surface area contributed by atoms with Gasteiger partial charge in [-0.3, -0.25) is 13.9 Å². The predicted molar refractivity (Wildman–Crippen MR) is 140 cm³/mol. The molecule has 180 valence electrons. The summed E-state index contributed by atoms with van der Waals surface area (Å²) in [4.78, 5) is 27.9. The first-order chi connectivity index (χ1) is 15.4. The van der Waals surface area contributed by atoms with Crippen LogP contribution in [0.4, 0.5) is 5.69 Å². The zero-order chi connectivity index (χ0) is 24.8. The van der Waals surface area contributed by atoms with Crippen LogP contribution in [0.25, 0.3) is 0 Å². The number of halogens is 1. The Kier molecular flexibility index (Phi) is 9.71. The van der Waals surface area contributed by atoms with E-state index in [1.54, 1.807) is 24.3 Å². The maximum absolute atomic E-state index is 13.5. The lowest BCUT2D eigenvalue weighted by atomic mass is 10.1. The molecule has 2 aromatic carbocycles. The minimum atomic E-state index is -3.73. The number of carbonyl (C=O) groups is 2. The van der Waals surface area contributed by atoms with Crippen LogP contribution in [-0.2, 0) is 26.2 Å². The second-order valence-corrected chi connectivity index (χ2v) is 11.5. The molecule has 1 N–H and O–H groups in total. The number of nitrogens with one attached hydrogen (secondary N) is 1. The predicted octanol–water partition coefficient (Wildman–Crippen LogP) is 3.70. The molecular formula is C24H32IN3O4S. The summed E-state index contributed by atoms with van der Waals surface area (Å²) in [6, 6.07) is 13.8. The molecule has 7 nitrogen and oxygen atoms in total. The Morgan fingerprint density at radius 3 is 2.09 bits per heavy atom. The topological polar surface area (TPSA) is 86.8 Å². The average Bonchev–Trinajstić information content (AvgIpc) is 2.72. The maximum Gasteiger partial charge on any atom is 0.244 e. The lowest BCUT2D eigenvalue weighted by Gasteiger charge is -2.33. The molecule has 0 radical (unpaired) electrons. The first kappa shape index (κ1) is 27.1. The van der Waals surface area contributed by atoms with Crippen LogP contribution in [0.15, 0.2) is 48.5 Å². The fourth-order valence-electron chi connectivity index (χ4n) is 3.41. The molecule has 0 aliphatic rings. The highest BCUT2D eigenvalue weighted by molar-refractivity contribution is 14.1. The lowest BCUT2D eigenvalue weighted by molar-refractivity contribution is -0.140. The van der Waals surface area contributed by atoms with E-state index in [4.69, 9.17) is 0 Å². The summed E-state index contributed by atoms with van der Waals surface area (Å²) < 4.78 is 27.2. The quantitative estimate of drug-likeness (QED) is 0.431. The maximum atomic E-state index is 13.5. The third kappa shape index (κ3) is 7.99. The van der Waals surface area contributed by atoms with Gasteiger partial charge < -0.3 is 10.2 Å². The molecule has 0 unspecified atom stereocenters. The molecule has 2 amide bonds. The van der Waals surface area contributed by atoms with Crippen LogP contribution in [0.1, 0.15) is 38.3 Å². The van der Waals surface area contributed by atoms with Gasteiger partial charge in [0.1, 0.15) is 12.6 Å². The molecule has 2 rings (SSSR count). The molecule has 2 aromatic rings. The standard InChI is InChI=1S/C24H32IN3O4S/c1-6-22(24(30)26-17(2)3)27(15-19-9-7-18(4)8-10-19)23(29)16-28(33(5,31)32)21-13-11-20(25)12-14-21/h7-14,17,22H,6,15-16H2,1-5H3,(H,26,30)/t22-/m0/s1. The zero-order valence-electron chi connectivity index (χ0n) is 19.7. The normalized spacial score (nSPS) is 12.3. The van der Waals surface area contributed by atoms with E-state index >= 15 is 0 Å². The van der Waals surface area contributed by atoms with Gasteiger partial charge in [-0.1, -0.05) is 36.8 Å². The van der Waals surface area contributed by atoms with E-state index in [-0.39, 0.29) is 18.5 Å². The van der Waals surface area contributed by atoms with Gasteiger partial charge in [0.15, 0.2) is 0 Å². The summed E-state index contributed by atoms with van der Waals surface area (Å²) in [5.41, 5.74) is 2.36. The van der Waals surface area contributed by atoms with Crippen LogP contribution in [0, 0.1) is 10.5 Å². The highest BCUT2D eigenvalue weighted by Crippen LogP contribution is 2.21. The van der Waals surface area contributed by atoms with Crippen molar-refractivity contribution in [2.45, 2.75) is 52.7 Å². The van der Waals surface area contributed by atoms with Gasteiger partial charge in [0.05, 0.1) is 11.9 Å². The van der Waals surface area contributed by atoms with Crippen LogP contribution < -0.4 is 9.62 Å². The van der Waals surface area contributed by atoms with Crippen LogP contribution in [-0.4, -0.2) is 50.0 Å². The summed E-state index contributed by atoms with van der Waals surface area (Å²) in [6.45, 7) is 7.35. The molecule has 33 heavy (non-hydrogen) atoms. The van der Waals surface area contributed by atoms with Crippen molar-refractivity contribution in [2.75, 3.05) is 17.1 Å². The fourth-order valence-corrected chi connectivity index (χ4v) is 4.62. The molecule has 0 bridgehead atoms. The van der Waals surface area contributed by atoms with Crippen molar-refractivity contribution in [3.63, 3.8) is 0 Å². The molecule has 0 aliphatic heterocycles. The van der Waals surface area contributed by atoms with Crippen molar-refractivity contribution in [3.05, 3.63) is 63.2 Å². The fraction of sp³-hybridized carbons (Fsp3) is 0.417. The Labute approximate surface area is 210 Å². The average molecular weight is 586 g/mol. The minimum absolute atomic E-state index is 0.0813. The number of benzene rings is 2. The number of hydrogen-bond donors (Lipinski definition) is 1. The summed E-state index contributed by atoms with van der Waals surface area (Å²) in [5.74, 6) is -0.696. The number of anilines is 1. The second kappa shape index (κ2) is 11.8. The highest BCUT2D eigenvalue weighted by atomic mass is 127. The van der Waals surface area contributed by atoms with E-state index in [0.29, 0.717) is 12.1 Å². The third-order valence-electron chi connectivity index (χ3n) is 5.08. The number of sulfonamides is 1. The van der Waals surface area contributed by atoms with Gasteiger partial charge in [0.2, 0.25) is 21.8 Å². The summed E-state index contributed by atoms with van der Waals surface area (Å²) in [7, 11) is -3.73. The number of aryl methyl sites for hydroxylation is 1. The number of amides is 2. The van der Waals surface area contributed by atoms with Crippen LogP contribution in [0.3, 0.4) is 0 Å². The van der Waals surface area contributed by atoms with Gasteiger partial charge in [-0.2, -0.15) is 0 Å². The number of carbonyl (C=O) groups excluding carboxylic acids is 2. The van der Waals surface area contributed by atoms with E-state index < -0.39 is 28.5 Å². The molecule has 9 heteroatoms. The third-order valence-corrected chi connectivity index (χ3v) is 6.94. The van der Waals surface area contributed by atoms with Crippen LogP contribution in [0.2, 0.25) is 0 Å². The molecule has 1 atom stereocenters. The van der Waals surface area contributed by atoms with Gasteiger partial charge in [-0.05, 0) is 79.6 Å². The Morgan fingerprint density at radius 1 is 1.03 bits per heavy atom. The second-order valence-electron chi connectivity index (χ2n) is 8.34. The molecule has 0 spiro atoms. The van der Waals surface area contributed by atoms with E-state index in [2.05, 4.69) is 27.9 Å². The van der Waals surface area contributed by atoms with Crippen molar-refractivity contribution in [2.24, 2.45) is 0 Å². The summed E-state index contributed by atoms with van der Waals surface area (Å²) in [5, 5.41) is 2.88. The van der Waals surface area contributed by atoms with Gasteiger partial charge in [0, 0.05) is 16.2 Å². The molecule has 0 aliphatic carbocycles. The smallest absolute Gasteiger partial charge is 0.244 e. The van der Waals surface area contributed by atoms with Gasteiger partial charge >= 0.3 is 0 Å². The van der Waals surface area contributed by atoms with Crippen LogP contribution >= 0.6 is 22.6 Å². The minimum Gasteiger partial charge on any atom is -0.352 e. The van der Waals surface area contributed by atoms with Gasteiger partial charge in [0.25, 0.3) is 0 Å². The molecular weight excluding hydrogens is 553 g/mol. The molecule has 0 saturated heterocycles. The monoisotopic (exact) mass is 585 g/mol. The van der Waals surface area contributed by atoms with Crippen LogP contribution in [0.5, 0.6) is 0 Å². The van der Waals surface area contributed by atoms with Crippen molar-refractivity contribution in [1.82, 2.24) is 10.2 Å². The van der Waals surface area contributed by atoms with E-state index in [1.165, 1.54) is 4.90 Å². The van der Waals surface area contributed by atoms with Crippen molar-refractivity contribution < 1.29 is 18.0 Å². The molecule has 0 heterocycles. The lowest BCUT2D eigenvalue weighted by Crippen LogP contribution is -2.53.